The van der Waals surface area contributed by atoms with Gasteiger partial charge in [-0.2, -0.15) is 5.26 Å². The highest BCUT2D eigenvalue weighted by Gasteiger charge is 2.65. The first-order valence-corrected chi connectivity index (χ1v) is 14.6. The van der Waals surface area contributed by atoms with Crippen molar-refractivity contribution in [1.29, 1.82) is 5.26 Å². The summed E-state index contributed by atoms with van der Waals surface area (Å²) < 4.78 is 94.7. The van der Waals surface area contributed by atoms with E-state index in [0.29, 0.717) is 12.1 Å². The number of likely N-dealkylation sites (tertiary alicyclic amines) is 1. The Balaban J connectivity index is 1.81. The van der Waals surface area contributed by atoms with Gasteiger partial charge in [-0.15, -0.1) is 0 Å². The topological polar surface area (TPSA) is 122 Å². The van der Waals surface area contributed by atoms with Crippen LogP contribution in [0.25, 0.3) is 0 Å². The maximum Gasteiger partial charge on any atom is 0.310 e. The molecular formula is C25H27F7N6O3S. The summed E-state index contributed by atoms with van der Waals surface area (Å²) in [5.41, 5.74) is -2.00. The molecule has 2 fully saturated rings. The number of carbonyl (C=O) groups excluding carboxylic acids is 2. The van der Waals surface area contributed by atoms with Crippen molar-refractivity contribution >= 4 is 27.7 Å². The number of carbonyl (C=O) groups is 2. The van der Waals surface area contributed by atoms with Crippen molar-refractivity contribution in [3.63, 3.8) is 0 Å². The number of β-amino-alcohol motifs (C(OH)–C–C–N with tert-alkyl or cyclic N) is 1. The summed E-state index contributed by atoms with van der Waals surface area (Å²) in [5.74, 6) is -4.87. The highest BCUT2D eigenvalue weighted by Crippen LogP contribution is 3.02. The predicted molar refractivity (Wildman–Crippen MR) is 137 cm³/mol. The van der Waals surface area contributed by atoms with Gasteiger partial charge in [0.25, 0.3) is 5.91 Å². The highest BCUT2D eigenvalue weighted by molar-refractivity contribution is 8.45. The number of aromatic nitrogens is 2. The third kappa shape index (κ3) is 7.04. The molecule has 2 amide bonds. The Kier molecular flexibility index (Phi) is 7.43. The van der Waals surface area contributed by atoms with E-state index in [1.165, 1.54) is 6.92 Å². The first kappa shape index (κ1) is 31.3. The molecule has 2 N–H and O–H groups in total. The molecule has 9 nitrogen and oxygen atoms in total. The van der Waals surface area contributed by atoms with E-state index in [1.807, 2.05) is 0 Å². The first-order valence-electron chi connectivity index (χ1n) is 12.7. The highest BCUT2D eigenvalue weighted by atomic mass is 32.5. The number of anilines is 1. The van der Waals surface area contributed by atoms with E-state index in [2.05, 4.69) is 15.3 Å². The van der Waals surface area contributed by atoms with E-state index in [0.717, 1.165) is 28.5 Å². The number of rotatable bonds is 7. The molecule has 2 heterocycles. The van der Waals surface area contributed by atoms with Crippen molar-refractivity contribution in [3.05, 3.63) is 48.5 Å². The summed E-state index contributed by atoms with van der Waals surface area (Å²) in [7, 11) is -10.1. The van der Waals surface area contributed by atoms with Gasteiger partial charge < -0.3 is 10.4 Å². The molecule has 17 heteroatoms. The largest absolute Gasteiger partial charge is 0.388 e. The van der Waals surface area contributed by atoms with Crippen LogP contribution in [-0.4, -0.2) is 61.9 Å². The molecule has 4 rings (SSSR count). The van der Waals surface area contributed by atoms with Gasteiger partial charge in [0.1, 0.15) is 23.3 Å². The Hall–Kier alpha value is -3.65. The van der Waals surface area contributed by atoms with Crippen LogP contribution in [0.2, 0.25) is 0 Å². The quantitative estimate of drug-likeness (QED) is 0.321. The molecule has 1 aromatic carbocycles. The number of hydrogen-bond donors (Lipinski definition) is 2. The molecular weight excluding hydrogens is 597 g/mol. The van der Waals surface area contributed by atoms with Gasteiger partial charge in [0, 0.05) is 48.9 Å². The van der Waals surface area contributed by atoms with E-state index in [-0.39, 0.29) is 43.5 Å². The zero-order chi connectivity index (χ0) is 31.2. The molecule has 1 saturated heterocycles. The molecule has 2 aromatic rings. The number of aliphatic hydroxyl groups is 1. The fourth-order valence-corrected chi connectivity index (χ4v) is 5.81. The number of nitriles is 1. The van der Waals surface area contributed by atoms with Gasteiger partial charge in [-0.3, -0.25) is 19.4 Å². The van der Waals surface area contributed by atoms with Crippen molar-refractivity contribution in [1.82, 2.24) is 20.2 Å². The van der Waals surface area contributed by atoms with Crippen LogP contribution in [0.15, 0.2) is 47.9 Å². The van der Waals surface area contributed by atoms with Gasteiger partial charge in [0.2, 0.25) is 11.8 Å². The van der Waals surface area contributed by atoms with Crippen LogP contribution in [0.5, 0.6) is 0 Å². The third-order valence-corrected chi connectivity index (χ3v) is 8.36. The molecule has 2 aliphatic rings. The first-order chi connectivity index (χ1) is 19.2. The minimum atomic E-state index is -10.1. The molecule has 1 saturated carbocycles. The summed E-state index contributed by atoms with van der Waals surface area (Å²) in [6.45, 7) is 1.07. The molecule has 0 radical (unpaired) electrons. The second kappa shape index (κ2) is 9.97. The molecule has 3 unspecified atom stereocenters. The van der Waals surface area contributed by atoms with E-state index >= 15 is 0 Å². The Bertz CT molecular complexity index is 1380. The molecule has 230 valence electrons. The lowest BCUT2D eigenvalue weighted by atomic mass is 9.91. The molecule has 1 aliphatic carbocycles. The Labute approximate surface area is 236 Å². The van der Waals surface area contributed by atoms with Crippen LogP contribution >= 0.6 is 10.2 Å². The van der Waals surface area contributed by atoms with Crippen molar-refractivity contribution in [3.8, 4) is 6.19 Å². The average Bonchev–Trinajstić information content (AvgIpc) is 3.22. The van der Waals surface area contributed by atoms with E-state index in [1.54, 1.807) is 6.19 Å². The van der Waals surface area contributed by atoms with Crippen LogP contribution in [0, 0.1) is 11.5 Å². The molecule has 1 aromatic heterocycles. The summed E-state index contributed by atoms with van der Waals surface area (Å²) in [5, 5.41) is 22.7. The molecule has 0 bridgehead atoms. The minimum Gasteiger partial charge on any atom is -0.388 e. The van der Waals surface area contributed by atoms with Gasteiger partial charge >= 0.3 is 10.2 Å². The fraction of sp³-hybridized carbons (Fsp3) is 0.480. The smallest absolute Gasteiger partial charge is 0.310 e. The zero-order valence-electron chi connectivity index (χ0n) is 22.1. The number of halogens is 7. The standard InChI is InChI=1S/C25H27F7N6O3S/c1-24(41)10-20(37(13-24)14-33)23(40)38(18-2-4-19(5-3-18)42(28,29,30,31)32)21(16-11-34-15-35-12-16)22(39)36-17-6-8-25(26,27)9-7-17/h2-5,11-12,15,17,20-21,41H,6-10,13H2,1H3,(H,36,39). The van der Waals surface area contributed by atoms with Crippen LogP contribution < -0.4 is 10.2 Å². The normalized spacial score (nSPS) is 25.0. The van der Waals surface area contributed by atoms with E-state index in [4.69, 9.17) is 0 Å². The number of benzene rings is 1. The number of nitrogens with zero attached hydrogens (tertiary/aromatic N) is 5. The van der Waals surface area contributed by atoms with Crippen LogP contribution in [0.3, 0.4) is 0 Å². The number of amides is 2. The maximum atomic E-state index is 14.0. The van der Waals surface area contributed by atoms with Crippen LogP contribution in [-0.2, 0) is 9.59 Å². The lowest BCUT2D eigenvalue weighted by Crippen LogP contribution is -2.52. The number of nitrogens with one attached hydrogen (secondary N) is 1. The van der Waals surface area contributed by atoms with E-state index in [9.17, 15) is 48.2 Å². The minimum absolute atomic E-state index is 0.0467. The maximum absolute atomic E-state index is 14.0. The lowest BCUT2D eigenvalue weighted by molar-refractivity contribution is -0.129. The number of hydrogen-bond acceptors (Lipinski definition) is 7. The molecule has 1 aliphatic heterocycles. The van der Waals surface area contributed by atoms with Crippen molar-refractivity contribution in [2.24, 2.45) is 0 Å². The second-order valence-electron chi connectivity index (χ2n) is 10.8. The number of alkyl halides is 2. The Morgan fingerprint density at radius 2 is 1.69 bits per heavy atom. The monoisotopic (exact) mass is 624 g/mol. The summed E-state index contributed by atoms with van der Waals surface area (Å²) in [4.78, 5) is 34.9. The van der Waals surface area contributed by atoms with E-state index < -0.39 is 75.1 Å². The van der Waals surface area contributed by atoms with Crippen molar-refractivity contribution in [2.45, 2.75) is 73.6 Å². The van der Waals surface area contributed by atoms with Gasteiger partial charge in [-0.05, 0) is 44.0 Å². The Morgan fingerprint density at radius 1 is 1.12 bits per heavy atom. The molecule has 3 atom stereocenters. The van der Waals surface area contributed by atoms with Crippen LogP contribution in [0.1, 0.15) is 50.6 Å². The lowest BCUT2D eigenvalue weighted by Gasteiger charge is -2.41. The SMILES string of the molecule is CC1(O)CC(C(=O)N(c2ccc(S(F)(F)(F)(F)F)cc2)C(C(=O)NC2CCC(F)(F)CC2)c2cncnc2)N(C#N)C1. The summed E-state index contributed by atoms with van der Waals surface area (Å²) >= 11 is 0. The van der Waals surface area contributed by atoms with Crippen molar-refractivity contribution < 1.29 is 42.9 Å². The van der Waals surface area contributed by atoms with Crippen LogP contribution in [0.4, 0.5) is 33.9 Å². The van der Waals surface area contributed by atoms with Crippen molar-refractivity contribution in [2.75, 3.05) is 11.4 Å². The van der Waals surface area contributed by atoms with Gasteiger partial charge in [-0.1, -0.05) is 19.4 Å². The molecule has 42 heavy (non-hydrogen) atoms. The Morgan fingerprint density at radius 3 is 2.21 bits per heavy atom. The summed E-state index contributed by atoms with van der Waals surface area (Å²) in [6, 6.07) is -2.54. The van der Waals surface area contributed by atoms with Gasteiger partial charge in [0.05, 0.1) is 12.1 Å². The third-order valence-electron chi connectivity index (χ3n) is 7.20. The fourth-order valence-electron chi connectivity index (χ4n) is 5.16. The van der Waals surface area contributed by atoms with Gasteiger partial charge in [0.15, 0.2) is 6.19 Å². The second-order valence-corrected chi connectivity index (χ2v) is 13.2. The average molecular weight is 625 g/mol. The van der Waals surface area contributed by atoms with Gasteiger partial charge in [-0.25, -0.2) is 18.7 Å². The molecule has 0 spiro atoms. The zero-order valence-corrected chi connectivity index (χ0v) is 22.9. The predicted octanol–water partition coefficient (Wildman–Crippen LogP) is 5.21. The summed E-state index contributed by atoms with van der Waals surface area (Å²) in [6.07, 6.45) is 3.62.